The zero-order chi connectivity index (χ0) is 21.9. The van der Waals surface area contributed by atoms with Crippen molar-refractivity contribution in [2.75, 3.05) is 25.1 Å². The van der Waals surface area contributed by atoms with Crippen LogP contribution >= 0.6 is 0 Å². The Balaban J connectivity index is 1.63. The Labute approximate surface area is 181 Å². The van der Waals surface area contributed by atoms with Crippen molar-refractivity contribution in [3.8, 4) is 5.75 Å². The number of carbonyl (C=O) groups excluding carboxylic acids is 2. The molecule has 2 N–H and O–H groups in total. The average molecular weight is 419 g/mol. The summed E-state index contributed by atoms with van der Waals surface area (Å²) in [7, 11) is 0. The van der Waals surface area contributed by atoms with Crippen molar-refractivity contribution in [1.29, 1.82) is 0 Å². The fraction of sp³-hybridized carbons (Fsp3) is 0.208. The van der Waals surface area contributed by atoms with Crippen LogP contribution < -0.4 is 15.4 Å². The molecule has 7 nitrogen and oxygen atoms in total. The Morgan fingerprint density at radius 3 is 2.58 bits per heavy atom. The number of nitrogens with zero attached hydrogens (tertiary/aromatic N) is 1. The van der Waals surface area contributed by atoms with Gasteiger partial charge in [0, 0.05) is 24.1 Å². The molecule has 7 heteroatoms. The molecule has 0 saturated carbocycles. The first kappa shape index (κ1) is 22.0. The quantitative estimate of drug-likeness (QED) is 0.490. The highest BCUT2D eigenvalue weighted by atomic mass is 16.5. The molecule has 1 aromatic heterocycles. The molecule has 0 unspecified atom stereocenters. The van der Waals surface area contributed by atoms with Gasteiger partial charge in [-0.05, 0) is 49.4 Å². The van der Waals surface area contributed by atoms with Crippen LogP contribution in [0.3, 0.4) is 0 Å². The van der Waals surface area contributed by atoms with Gasteiger partial charge in [-0.2, -0.15) is 0 Å². The molecular formula is C24H25N3O4. The highest BCUT2D eigenvalue weighted by molar-refractivity contribution is 6.06. The summed E-state index contributed by atoms with van der Waals surface area (Å²) in [6.45, 7) is 3.64. The third kappa shape index (κ3) is 6.65. The van der Waals surface area contributed by atoms with Crippen LogP contribution in [0.2, 0.25) is 0 Å². The van der Waals surface area contributed by atoms with E-state index in [-0.39, 0.29) is 11.8 Å². The molecular weight excluding hydrogens is 394 g/mol. The van der Waals surface area contributed by atoms with Gasteiger partial charge in [0.2, 0.25) is 0 Å². The van der Waals surface area contributed by atoms with E-state index in [1.807, 2.05) is 25.1 Å². The highest BCUT2D eigenvalue weighted by Crippen LogP contribution is 2.20. The number of para-hydroxylation sites is 1. The Hall–Kier alpha value is -3.71. The monoisotopic (exact) mass is 419 g/mol. The van der Waals surface area contributed by atoms with Gasteiger partial charge in [0.25, 0.3) is 11.8 Å². The van der Waals surface area contributed by atoms with E-state index in [0.717, 1.165) is 5.69 Å². The van der Waals surface area contributed by atoms with Gasteiger partial charge >= 0.3 is 0 Å². The number of nitrogens with one attached hydrogen (secondary N) is 2. The van der Waals surface area contributed by atoms with Crippen molar-refractivity contribution in [1.82, 2.24) is 10.3 Å². The second-order valence-electron chi connectivity index (χ2n) is 6.58. The molecule has 3 rings (SSSR count). The second-order valence-corrected chi connectivity index (χ2v) is 6.58. The predicted octanol–water partition coefficient (Wildman–Crippen LogP) is 3.68. The van der Waals surface area contributed by atoms with Crippen molar-refractivity contribution in [2.45, 2.75) is 13.5 Å². The van der Waals surface area contributed by atoms with E-state index in [4.69, 9.17) is 9.47 Å². The molecule has 0 bridgehead atoms. The molecule has 160 valence electrons. The number of hydrogen-bond donors (Lipinski definition) is 2. The predicted molar refractivity (Wildman–Crippen MR) is 118 cm³/mol. The highest BCUT2D eigenvalue weighted by Gasteiger charge is 2.13. The number of hydrogen-bond acceptors (Lipinski definition) is 5. The zero-order valence-corrected chi connectivity index (χ0v) is 17.3. The van der Waals surface area contributed by atoms with Crippen molar-refractivity contribution < 1.29 is 19.1 Å². The Morgan fingerprint density at radius 1 is 0.935 bits per heavy atom. The molecule has 0 saturated heterocycles. The maximum absolute atomic E-state index is 12.8. The van der Waals surface area contributed by atoms with Crippen LogP contribution in [0.5, 0.6) is 5.75 Å². The minimum Gasteiger partial charge on any atom is -0.490 e. The van der Waals surface area contributed by atoms with Crippen LogP contribution in [0.1, 0.15) is 33.3 Å². The molecule has 0 aliphatic rings. The van der Waals surface area contributed by atoms with E-state index < -0.39 is 0 Å². The summed E-state index contributed by atoms with van der Waals surface area (Å²) in [5.74, 6) is -0.0941. The van der Waals surface area contributed by atoms with Crippen molar-refractivity contribution in [2.24, 2.45) is 0 Å². The Bertz CT molecular complexity index is 1010. The molecule has 31 heavy (non-hydrogen) atoms. The first-order valence-electron chi connectivity index (χ1n) is 10.1. The number of amides is 2. The summed E-state index contributed by atoms with van der Waals surface area (Å²) in [5.41, 5.74) is 2.12. The van der Waals surface area contributed by atoms with Crippen LogP contribution in [0.4, 0.5) is 5.69 Å². The summed E-state index contributed by atoms with van der Waals surface area (Å²) in [4.78, 5) is 29.4. The van der Waals surface area contributed by atoms with E-state index in [0.29, 0.717) is 48.9 Å². The summed E-state index contributed by atoms with van der Waals surface area (Å²) in [6.07, 6.45) is 1.68. The maximum Gasteiger partial charge on any atom is 0.259 e. The lowest BCUT2D eigenvalue weighted by Gasteiger charge is -2.12. The standard InChI is InChI=1S/C24H25N3O4/c1-2-30-14-15-31-22-12-4-3-11-21(22)24(29)27-19-10-7-8-18(16-19)23(28)26-17-20-9-5-6-13-25-20/h3-13,16H,2,14-15,17H2,1H3,(H,26,28)(H,27,29). The van der Waals surface area contributed by atoms with Crippen LogP contribution in [0.25, 0.3) is 0 Å². The van der Waals surface area contributed by atoms with Gasteiger partial charge in [-0.1, -0.05) is 24.3 Å². The maximum atomic E-state index is 12.8. The van der Waals surface area contributed by atoms with Crippen molar-refractivity contribution in [3.63, 3.8) is 0 Å². The van der Waals surface area contributed by atoms with Gasteiger partial charge in [-0.3, -0.25) is 14.6 Å². The van der Waals surface area contributed by atoms with Crippen molar-refractivity contribution in [3.05, 3.63) is 89.7 Å². The van der Waals surface area contributed by atoms with Gasteiger partial charge in [0.1, 0.15) is 12.4 Å². The molecule has 0 aliphatic carbocycles. The van der Waals surface area contributed by atoms with E-state index in [1.165, 1.54) is 0 Å². The van der Waals surface area contributed by atoms with Crippen LogP contribution in [0, 0.1) is 0 Å². The molecule has 2 aromatic carbocycles. The fourth-order valence-corrected chi connectivity index (χ4v) is 2.85. The second kappa shape index (κ2) is 11.5. The van der Waals surface area contributed by atoms with Gasteiger partial charge in [0.05, 0.1) is 24.4 Å². The van der Waals surface area contributed by atoms with Gasteiger partial charge < -0.3 is 20.1 Å². The molecule has 0 radical (unpaired) electrons. The minimum atomic E-state index is -0.321. The number of carbonyl (C=O) groups is 2. The van der Waals surface area contributed by atoms with Crippen LogP contribution in [-0.2, 0) is 11.3 Å². The molecule has 3 aromatic rings. The smallest absolute Gasteiger partial charge is 0.259 e. The molecule has 0 spiro atoms. The number of aromatic nitrogens is 1. The van der Waals surface area contributed by atoms with E-state index in [9.17, 15) is 9.59 Å². The Morgan fingerprint density at radius 2 is 1.77 bits per heavy atom. The lowest BCUT2D eigenvalue weighted by Crippen LogP contribution is -2.23. The SMILES string of the molecule is CCOCCOc1ccccc1C(=O)Nc1cccc(C(=O)NCc2ccccn2)c1. The molecule has 0 aliphatic heterocycles. The topological polar surface area (TPSA) is 89.5 Å². The lowest BCUT2D eigenvalue weighted by molar-refractivity contribution is 0.0948. The molecule has 1 heterocycles. The first-order chi connectivity index (χ1) is 15.2. The van der Waals surface area contributed by atoms with Crippen LogP contribution in [-0.4, -0.2) is 36.6 Å². The molecule has 2 amide bonds. The number of ether oxygens (including phenoxy) is 2. The number of pyridine rings is 1. The Kier molecular flexibility index (Phi) is 8.13. The molecule has 0 atom stereocenters. The summed E-state index contributed by atoms with van der Waals surface area (Å²) >= 11 is 0. The van der Waals surface area contributed by atoms with Gasteiger partial charge in [-0.25, -0.2) is 0 Å². The first-order valence-corrected chi connectivity index (χ1v) is 10.1. The van der Waals surface area contributed by atoms with E-state index >= 15 is 0 Å². The average Bonchev–Trinajstić information content (AvgIpc) is 2.81. The van der Waals surface area contributed by atoms with Crippen LogP contribution in [0.15, 0.2) is 72.9 Å². The van der Waals surface area contributed by atoms with E-state index in [2.05, 4.69) is 15.6 Å². The fourth-order valence-electron chi connectivity index (χ4n) is 2.85. The summed E-state index contributed by atoms with van der Waals surface area (Å²) in [6, 6.07) is 19.3. The van der Waals surface area contributed by atoms with Gasteiger partial charge in [0.15, 0.2) is 0 Å². The lowest BCUT2D eigenvalue weighted by atomic mass is 10.1. The third-order valence-electron chi connectivity index (χ3n) is 4.36. The summed E-state index contributed by atoms with van der Waals surface area (Å²) < 4.78 is 10.9. The van der Waals surface area contributed by atoms with Gasteiger partial charge in [-0.15, -0.1) is 0 Å². The summed E-state index contributed by atoms with van der Waals surface area (Å²) in [5, 5.41) is 5.65. The zero-order valence-electron chi connectivity index (χ0n) is 17.3. The minimum absolute atomic E-state index is 0.249. The molecule has 0 fully saturated rings. The number of benzene rings is 2. The largest absolute Gasteiger partial charge is 0.490 e. The number of rotatable bonds is 10. The van der Waals surface area contributed by atoms with Crippen molar-refractivity contribution >= 4 is 17.5 Å². The van der Waals surface area contributed by atoms with E-state index in [1.54, 1.807) is 54.7 Å². The number of anilines is 1. The normalized spacial score (nSPS) is 10.4. The third-order valence-corrected chi connectivity index (χ3v) is 4.36.